The van der Waals surface area contributed by atoms with Crippen molar-refractivity contribution in [2.45, 2.75) is 26.7 Å². The number of anilines is 1. The number of hydrogen-bond donors (Lipinski definition) is 0. The van der Waals surface area contributed by atoms with Crippen molar-refractivity contribution in [1.29, 1.82) is 0 Å². The molecule has 1 heteroatoms. The highest BCUT2D eigenvalue weighted by Gasteiger charge is 2.15. The zero-order valence-corrected chi connectivity index (χ0v) is 9.71. The summed E-state index contributed by atoms with van der Waals surface area (Å²) in [7, 11) is 0. The molecule has 80 valence electrons. The third-order valence-corrected chi connectivity index (χ3v) is 3.06. The van der Waals surface area contributed by atoms with Crippen molar-refractivity contribution in [3.8, 4) is 0 Å². The first kappa shape index (κ1) is 10.3. The summed E-state index contributed by atoms with van der Waals surface area (Å²) in [5.41, 5.74) is 5.18. The van der Waals surface area contributed by atoms with Crippen LogP contribution in [0, 0.1) is 6.92 Å². The lowest BCUT2D eigenvalue weighted by atomic mass is 10.0. The van der Waals surface area contributed by atoms with Crippen LogP contribution in [-0.2, 0) is 0 Å². The van der Waals surface area contributed by atoms with Crippen molar-refractivity contribution in [3.63, 3.8) is 0 Å². The standard InChI is InChI=1S/C14H19N/c1-11(2)13-7-6-12(3)10-14(13)15-8-4-5-9-15/h6-7,10H,1,4-5,8-9H2,2-3H3. The molecular weight excluding hydrogens is 182 g/mol. The maximum atomic E-state index is 4.06. The Morgan fingerprint density at radius 3 is 2.53 bits per heavy atom. The van der Waals surface area contributed by atoms with Crippen molar-refractivity contribution in [2.75, 3.05) is 18.0 Å². The van der Waals surface area contributed by atoms with Gasteiger partial charge in [0.15, 0.2) is 0 Å². The molecule has 0 amide bonds. The van der Waals surface area contributed by atoms with Gasteiger partial charge in [-0.25, -0.2) is 0 Å². The van der Waals surface area contributed by atoms with Gasteiger partial charge in [0, 0.05) is 24.3 Å². The Balaban J connectivity index is 2.41. The summed E-state index contributed by atoms with van der Waals surface area (Å²) in [4.78, 5) is 2.48. The normalized spacial score (nSPS) is 15.7. The molecular formula is C14H19N. The molecule has 1 aliphatic heterocycles. The van der Waals surface area contributed by atoms with E-state index < -0.39 is 0 Å². The zero-order valence-electron chi connectivity index (χ0n) is 9.71. The van der Waals surface area contributed by atoms with Crippen molar-refractivity contribution in [3.05, 3.63) is 35.9 Å². The van der Waals surface area contributed by atoms with E-state index >= 15 is 0 Å². The molecule has 0 N–H and O–H groups in total. The van der Waals surface area contributed by atoms with Crippen molar-refractivity contribution in [2.24, 2.45) is 0 Å². The smallest absolute Gasteiger partial charge is 0.0444 e. The Morgan fingerprint density at radius 2 is 1.93 bits per heavy atom. The summed E-state index contributed by atoms with van der Waals surface area (Å²) in [5, 5.41) is 0. The molecule has 0 aromatic heterocycles. The average Bonchev–Trinajstić information content (AvgIpc) is 2.69. The SMILES string of the molecule is C=C(C)c1ccc(C)cc1N1CCCC1. The number of allylic oxidation sites excluding steroid dienone is 1. The van der Waals surface area contributed by atoms with Gasteiger partial charge in [-0.3, -0.25) is 0 Å². The van der Waals surface area contributed by atoms with Gasteiger partial charge in [-0.15, -0.1) is 0 Å². The first-order valence-electron chi connectivity index (χ1n) is 5.70. The van der Waals surface area contributed by atoms with Gasteiger partial charge < -0.3 is 4.90 Å². The molecule has 1 aliphatic rings. The van der Waals surface area contributed by atoms with Crippen LogP contribution in [0.15, 0.2) is 24.8 Å². The van der Waals surface area contributed by atoms with Gasteiger partial charge in [-0.05, 0) is 43.9 Å². The Morgan fingerprint density at radius 1 is 1.27 bits per heavy atom. The van der Waals surface area contributed by atoms with Crippen LogP contribution in [-0.4, -0.2) is 13.1 Å². The molecule has 0 saturated carbocycles. The number of benzene rings is 1. The van der Waals surface area contributed by atoms with Gasteiger partial charge in [-0.1, -0.05) is 18.7 Å². The molecule has 0 unspecified atom stereocenters. The summed E-state index contributed by atoms with van der Waals surface area (Å²) in [6, 6.07) is 6.66. The molecule has 1 heterocycles. The molecule has 1 nitrogen and oxygen atoms in total. The molecule has 0 spiro atoms. The summed E-state index contributed by atoms with van der Waals surface area (Å²) in [5.74, 6) is 0. The highest BCUT2D eigenvalue weighted by atomic mass is 15.1. The Bertz CT molecular complexity index is 373. The van der Waals surface area contributed by atoms with Gasteiger partial charge in [0.1, 0.15) is 0 Å². The van der Waals surface area contributed by atoms with Crippen molar-refractivity contribution >= 4 is 11.3 Å². The predicted molar refractivity (Wildman–Crippen MR) is 67.3 cm³/mol. The molecule has 1 aromatic carbocycles. The summed E-state index contributed by atoms with van der Waals surface area (Å²) < 4.78 is 0. The quantitative estimate of drug-likeness (QED) is 0.706. The second-order valence-electron chi connectivity index (χ2n) is 4.50. The summed E-state index contributed by atoms with van der Waals surface area (Å²) in [6.45, 7) is 10.7. The fourth-order valence-electron chi connectivity index (χ4n) is 2.22. The number of nitrogens with zero attached hydrogens (tertiary/aromatic N) is 1. The molecule has 0 aliphatic carbocycles. The first-order valence-corrected chi connectivity index (χ1v) is 5.70. The monoisotopic (exact) mass is 201 g/mol. The molecule has 0 radical (unpaired) electrons. The molecule has 15 heavy (non-hydrogen) atoms. The van der Waals surface area contributed by atoms with Crippen LogP contribution < -0.4 is 4.90 Å². The third kappa shape index (κ3) is 2.06. The van der Waals surface area contributed by atoms with E-state index in [9.17, 15) is 0 Å². The van der Waals surface area contributed by atoms with Crippen molar-refractivity contribution in [1.82, 2.24) is 0 Å². The van der Waals surface area contributed by atoms with Gasteiger partial charge in [0.2, 0.25) is 0 Å². The van der Waals surface area contributed by atoms with Gasteiger partial charge in [0.05, 0.1) is 0 Å². The van der Waals surface area contributed by atoms with Crippen LogP contribution in [0.1, 0.15) is 30.9 Å². The lowest BCUT2D eigenvalue weighted by molar-refractivity contribution is 0.949. The van der Waals surface area contributed by atoms with E-state index in [4.69, 9.17) is 0 Å². The number of aryl methyl sites for hydroxylation is 1. The molecule has 2 rings (SSSR count). The van der Waals surface area contributed by atoms with E-state index in [1.54, 1.807) is 0 Å². The fraction of sp³-hybridized carbons (Fsp3) is 0.429. The van der Waals surface area contributed by atoms with E-state index in [-0.39, 0.29) is 0 Å². The minimum Gasteiger partial charge on any atom is -0.371 e. The van der Waals surface area contributed by atoms with Crippen molar-refractivity contribution < 1.29 is 0 Å². The Hall–Kier alpha value is -1.24. The molecule has 0 atom stereocenters. The van der Waals surface area contributed by atoms with Gasteiger partial charge >= 0.3 is 0 Å². The van der Waals surface area contributed by atoms with Crippen LogP contribution in [0.25, 0.3) is 5.57 Å². The van der Waals surface area contributed by atoms with E-state index in [1.165, 1.54) is 42.7 Å². The second-order valence-corrected chi connectivity index (χ2v) is 4.50. The lowest BCUT2D eigenvalue weighted by Gasteiger charge is -2.22. The minimum absolute atomic E-state index is 1.16. The second kappa shape index (κ2) is 4.09. The lowest BCUT2D eigenvalue weighted by Crippen LogP contribution is -2.19. The van der Waals surface area contributed by atoms with Gasteiger partial charge in [-0.2, -0.15) is 0 Å². The first-order chi connectivity index (χ1) is 7.18. The van der Waals surface area contributed by atoms with Crippen LogP contribution in [0.5, 0.6) is 0 Å². The van der Waals surface area contributed by atoms with E-state index in [0.29, 0.717) is 0 Å². The third-order valence-electron chi connectivity index (χ3n) is 3.06. The highest BCUT2D eigenvalue weighted by Crippen LogP contribution is 2.29. The summed E-state index contributed by atoms with van der Waals surface area (Å²) in [6.07, 6.45) is 2.65. The van der Waals surface area contributed by atoms with E-state index in [1.807, 2.05) is 0 Å². The van der Waals surface area contributed by atoms with Crippen LogP contribution in [0.2, 0.25) is 0 Å². The minimum atomic E-state index is 1.16. The van der Waals surface area contributed by atoms with E-state index in [2.05, 4.69) is 43.5 Å². The molecule has 0 bridgehead atoms. The predicted octanol–water partition coefficient (Wildman–Crippen LogP) is 3.63. The molecule has 1 aromatic rings. The molecule has 1 fully saturated rings. The van der Waals surface area contributed by atoms with Crippen LogP contribution in [0.4, 0.5) is 5.69 Å². The zero-order chi connectivity index (χ0) is 10.8. The van der Waals surface area contributed by atoms with E-state index in [0.717, 1.165) is 5.57 Å². The van der Waals surface area contributed by atoms with Crippen LogP contribution >= 0.6 is 0 Å². The molecule has 1 saturated heterocycles. The highest BCUT2D eigenvalue weighted by molar-refractivity contribution is 5.75. The Kier molecular flexibility index (Phi) is 2.81. The average molecular weight is 201 g/mol. The largest absolute Gasteiger partial charge is 0.371 e. The maximum Gasteiger partial charge on any atom is 0.0444 e. The number of rotatable bonds is 2. The van der Waals surface area contributed by atoms with Crippen LogP contribution in [0.3, 0.4) is 0 Å². The topological polar surface area (TPSA) is 3.24 Å². The van der Waals surface area contributed by atoms with Gasteiger partial charge in [0.25, 0.3) is 0 Å². The Labute approximate surface area is 92.4 Å². The summed E-state index contributed by atoms with van der Waals surface area (Å²) >= 11 is 0. The maximum absolute atomic E-state index is 4.06. The fourth-order valence-corrected chi connectivity index (χ4v) is 2.22. The number of hydrogen-bond acceptors (Lipinski definition) is 1.